The molecule has 5 heteroatoms. The lowest BCUT2D eigenvalue weighted by Gasteiger charge is -2.11. The smallest absolute Gasteiger partial charge is 0.242 e. The summed E-state index contributed by atoms with van der Waals surface area (Å²) in [6.07, 6.45) is 2.07. The fraction of sp³-hybridized carbons (Fsp3) is 0.143. The molecule has 2 aromatic rings. The van der Waals surface area contributed by atoms with Crippen LogP contribution in [0.15, 0.2) is 48.7 Å². The van der Waals surface area contributed by atoms with Crippen LogP contribution in [-0.4, -0.2) is 16.9 Å². The molecule has 0 unspecified atom stereocenters. The monoisotopic (exact) mass is 275 g/mol. The summed E-state index contributed by atoms with van der Waals surface area (Å²) in [5.41, 5.74) is 6.83. The standard InChI is InChI=1S/C14H14ClN3O/c15-11-6-4-10(5-7-11)9-12(16)14(19)18-13-3-1-2-8-17-13/h1-8,12H,9,16H2,(H,17,18,19)/t12-/m0/s1. The molecule has 0 aliphatic carbocycles. The third-order valence-electron chi connectivity index (χ3n) is 2.62. The Morgan fingerprint density at radius 3 is 2.63 bits per heavy atom. The average Bonchev–Trinajstić information content (AvgIpc) is 2.42. The molecule has 19 heavy (non-hydrogen) atoms. The predicted octanol–water partition coefficient (Wildman–Crippen LogP) is 2.24. The first-order valence-corrected chi connectivity index (χ1v) is 6.25. The van der Waals surface area contributed by atoms with E-state index in [0.717, 1.165) is 5.56 Å². The predicted molar refractivity (Wildman–Crippen MR) is 76.0 cm³/mol. The number of aromatic nitrogens is 1. The van der Waals surface area contributed by atoms with Gasteiger partial charge in [0.2, 0.25) is 5.91 Å². The molecule has 1 amide bonds. The summed E-state index contributed by atoms with van der Waals surface area (Å²) >= 11 is 5.80. The van der Waals surface area contributed by atoms with Crippen LogP contribution in [0.3, 0.4) is 0 Å². The third-order valence-corrected chi connectivity index (χ3v) is 2.87. The second-order valence-electron chi connectivity index (χ2n) is 4.14. The molecular formula is C14H14ClN3O. The molecule has 0 saturated heterocycles. The molecule has 0 aliphatic rings. The van der Waals surface area contributed by atoms with Gasteiger partial charge < -0.3 is 11.1 Å². The zero-order valence-corrected chi connectivity index (χ0v) is 11.0. The second-order valence-corrected chi connectivity index (χ2v) is 4.58. The van der Waals surface area contributed by atoms with Gasteiger partial charge in [0, 0.05) is 11.2 Å². The van der Waals surface area contributed by atoms with E-state index in [0.29, 0.717) is 17.3 Å². The number of hydrogen-bond donors (Lipinski definition) is 2. The van der Waals surface area contributed by atoms with Crippen LogP contribution in [0.4, 0.5) is 5.82 Å². The highest BCUT2D eigenvalue weighted by atomic mass is 35.5. The van der Waals surface area contributed by atoms with Crippen molar-refractivity contribution in [2.24, 2.45) is 5.73 Å². The Balaban J connectivity index is 1.94. The van der Waals surface area contributed by atoms with Crippen molar-refractivity contribution in [3.8, 4) is 0 Å². The minimum Gasteiger partial charge on any atom is -0.320 e. The largest absolute Gasteiger partial charge is 0.320 e. The van der Waals surface area contributed by atoms with Crippen molar-refractivity contribution < 1.29 is 4.79 Å². The number of benzene rings is 1. The first-order chi connectivity index (χ1) is 9.15. The molecule has 0 radical (unpaired) electrons. The molecule has 0 spiro atoms. The van der Waals surface area contributed by atoms with Gasteiger partial charge >= 0.3 is 0 Å². The Morgan fingerprint density at radius 1 is 1.26 bits per heavy atom. The summed E-state index contributed by atoms with van der Waals surface area (Å²) in [7, 11) is 0. The fourth-order valence-electron chi connectivity index (χ4n) is 1.62. The van der Waals surface area contributed by atoms with Crippen molar-refractivity contribution in [2.75, 3.05) is 5.32 Å². The highest BCUT2D eigenvalue weighted by Gasteiger charge is 2.14. The minimum atomic E-state index is -0.622. The quantitative estimate of drug-likeness (QED) is 0.899. The van der Waals surface area contributed by atoms with Gasteiger partial charge in [-0.15, -0.1) is 0 Å². The van der Waals surface area contributed by atoms with E-state index < -0.39 is 6.04 Å². The number of nitrogens with zero attached hydrogens (tertiary/aromatic N) is 1. The Morgan fingerprint density at radius 2 is 2.00 bits per heavy atom. The Hall–Kier alpha value is -1.91. The van der Waals surface area contributed by atoms with Crippen molar-refractivity contribution in [3.05, 3.63) is 59.2 Å². The summed E-state index contributed by atoms with van der Waals surface area (Å²) in [5.74, 6) is 0.243. The van der Waals surface area contributed by atoms with Crippen molar-refractivity contribution >= 4 is 23.3 Å². The summed E-state index contributed by atoms with van der Waals surface area (Å²) in [6, 6.07) is 11.9. The SMILES string of the molecule is N[C@@H](Cc1ccc(Cl)cc1)C(=O)Nc1ccccn1. The molecule has 4 nitrogen and oxygen atoms in total. The number of carbonyl (C=O) groups is 1. The minimum absolute atomic E-state index is 0.256. The van der Waals surface area contributed by atoms with Crippen molar-refractivity contribution in [1.82, 2.24) is 4.98 Å². The zero-order valence-electron chi connectivity index (χ0n) is 10.2. The topological polar surface area (TPSA) is 68.0 Å². The summed E-state index contributed by atoms with van der Waals surface area (Å²) < 4.78 is 0. The molecule has 1 aromatic heterocycles. The first kappa shape index (κ1) is 13.5. The van der Waals surface area contributed by atoms with Crippen LogP contribution in [0.25, 0.3) is 0 Å². The van der Waals surface area contributed by atoms with Gasteiger partial charge in [0.1, 0.15) is 5.82 Å². The Kier molecular flexibility index (Phi) is 4.49. The molecule has 0 bridgehead atoms. The van der Waals surface area contributed by atoms with Crippen molar-refractivity contribution in [1.29, 1.82) is 0 Å². The lowest BCUT2D eigenvalue weighted by molar-refractivity contribution is -0.117. The molecule has 0 saturated carbocycles. The molecule has 1 heterocycles. The summed E-state index contributed by atoms with van der Waals surface area (Å²) in [5, 5.41) is 3.33. The van der Waals surface area contributed by atoms with Crippen LogP contribution < -0.4 is 11.1 Å². The van der Waals surface area contributed by atoms with Crippen LogP contribution >= 0.6 is 11.6 Å². The third kappa shape index (κ3) is 4.05. The maximum Gasteiger partial charge on any atom is 0.242 e. The number of amides is 1. The molecule has 0 aliphatic heterocycles. The molecule has 98 valence electrons. The molecule has 1 aromatic carbocycles. The Labute approximate surface area is 116 Å². The fourth-order valence-corrected chi connectivity index (χ4v) is 1.75. The summed E-state index contributed by atoms with van der Waals surface area (Å²) in [6.45, 7) is 0. The van der Waals surface area contributed by atoms with E-state index in [9.17, 15) is 4.79 Å². The number of anilines is 1. The first-order valence-electron chi connectivity index (χ1n) is 5.87. The van der Waals surface area contributed by atoms with Crippen molar-refractivity contribution in [2.45, 2.75) is 12.5 Å². The molecule has 0 fully saturated rings. The van der Waals surface area contributed by atoms with Crippen LogP contribution in [0, 0.1) is 0 Å². The van der Waals surface area contributed by atoms with Crippen LogP contribution in [0.5, 0.6) is 0 Å². The van der Waals surface area contributed by atoms with E-state index in [1.54, 1.807) is 36.5 Å². The number of hydrogen-bond acceptors (Lipinski definition) is 3. The van der Waals surface area contributed by atoms with E-state index in [1.807, 2.05) is 12.1 Å². The van der Waals surface area contributed by atoms with Crippen molar-refractivity contribution in [3.63, 3.8) is 0 Å². The average molecular weight is 276 g/mol. The van der Waals surface area contributed by atoms with E-state index >= 15 is 0 Å². The number of nitrogens with two attached hydrogens (primary N) is 1. The van der Waals surface area contributed by atoms with Gasteiger partial charge in [-0.1, -0.05) is 29.8 Å². The van der Waals surface area contributed by atoms with E-state index in [4.69, 9.17) is 17.3 Å². The van der Waals surface area contributed by atoms with Crippen LogP contribution in [-0.2, 0) is 11.2 Å². The molecule has 2 rings (SSSR count). The van der Waals surface area contributed by atoms with Gasteiger partial charge in [-0.2, -0.15) is 0 Å². The lowest BCUT2D eigenvalue weighted by atomic mass is 10.1. The van der Waals surface area contributed by atoms with Crippen LogP contribution in [0.1, 0.15) is 5.56 Å². The lowest BCUT2D eigenvalue weighted by Crippen LogP contribution is -2.37. The normalized spacial score (nSPS) is 11.9. The zero-order chi connectivity index (χ0) is 13.7. The maximum atomic E-state index is 11.9. The second kappa shape index (κ2) is 6.31. The van der Waals surface area contributed by atoms with Crippen LogP contribution in [0.2, 0.25) is 5.02 Å². The maximum absolute atomic E-state index is 11.9. The molecule has 3 N–H and O–H groups in total. The summed E-state index contributed by atoms with van der Waals surface area (Å²) in [4.78, 5) is 15.9. The van der Waals surface area contributed by atoms with Gasteiger partial charge in [0.25, 0.3) is 0 Å². The van der Waals surface area contributed by atoms with E-state index in [-0.39, 0.29) is 5.91 Å². The van der Waals surface area contributed by atoms with Gasteiger partial charge in [0.05, 0.1) is 6.04 Å². The highest BCUT2D eigenvalue weighted by Crippen LogP contribution is 2.11. The van der Waals surface area contributed by atoms with Gasteiger partial charge in [-0.05, 0) is 36.2 Å². The molecule has 1 atom stereocenters. The Bertz CT molecular complexity index is 542. The van der Waals surface area contributed by atoms with E-state index in [1.165, 1.54) is 0 Å². The molecular weight excluding hydrogens is 262 g/mol. The number of carbonyl (C=O) groups excluding carboxylic acids is 1. The number of nitrogens with one attached hydrogen (secondary N) is 1. The number of rotatable bonds is 4. The van der Waals surface area contributed by atoms with E-state index in [2.05, 4.69) is 10.3 Å². The highest BCUT2D eigenvalue weighted by molar-refractivity contribution is 6.30. The van der Waals surface area contributed by atoms with Gasteiger partial charge in [0.15, 0.2) is 0 Å². The number of halogens is 1. The number of pyridine rings is 1. The van der Waals surface area contributed by atoms with Gasteiger partial charge in [-0.25, -0.2) is 4.98 Å². The van der Waals surface area contributed by atoms with Gasteiger partial charge in [-0.3, -0.25) is 4.79 Å².